The molecule has 0 rings (SSSR count). The van der Waals surface area contributed by atoms with Gasteiger partial charge in [-0.25, -0.2) is 0 Å². The van der Waals surface area contributed by atoms with E-state index < -0.39 is 0 Å². The molecule has 0 saturated carbocycles. The van der Waals surface area contributed by atoms with E-state index in [1.807, 2.05) is 0 Å². The Morgan fingerprint density at radius 3 is 1.20 bits per heavy atom. The first kappa shape index (κ1) is 28.9. The summed E-state index contributed by atoms with van der Waals surface area (Å²) >= 11 is 2.83. The molecular formula is H3LiOPSSn. The molecule has 0 heterocycles. The zero-order valence-electron chi connectivity index (χ0n) is 3.02. The molecule has 0 saturated heterocycles. The summed E-state index contributed by atoms with van der Waals surface area (Å²) in [6.45, 7) is 0. The van der Waals surface area contributed by atoms with Crippen LogP contribution in [0.4, 0.5) is 0 Å². The summed E-state index contributed by atoms with van der Waals surface area (Å²) in [4.78, 5) is 0. The second kappa shape index (κ2) is 40.3. The van der Waals surface area contributed by atoms with Crippen LogP contribution in [0.25, 0.3) is 0 Å². The summed E-state index contributed by atoms with van der Waals surface area (Å²) in [7, 11) is 0. The Morgan fingerprint density at radius 1 is 1.20 bits per heavy atom. The molecule has 0 N–H and O–H groups in total. The van der Waals surface area contributed by atoms with E-state index in [1.54, 1.807) is 0 Å². The summed E-state index contributed by atoms with van der Waals surface area (Å²) in [5.41, 5.74) is 0. The summed E-state index contributed by atoms with van der Waals surface area (Å²) in [6.07, 6.45) is 0. The smallest absolute Gasteiger partial charge is 0.197 e. The first-order valence-corrected chi connectivity index (χ1v) is 0.500. The van der Waals surface area contributed by atoms with Crippen LogP contribution in [0.2, 0.25) is 0 Å². The van der Waals surface area contributed by atoms with Crippen molar-refractivity contribution in [1.82, 2.24) is 0 Å². The normalized spacial score (nSPS) is 0.800. The fourth-order valence-electron chi connectivity index (χ4n) is 0. The zero-order chi connectivity index (χ0) is 2.00. The molecule has 0 aromatic heterocycles. The molecule has 5 heavy (non-hydrogen) atoms. The van der Waals surface area contributed by atoms with Crippen LogP contribution in [0.15, 0.2) is 0 Å². The van der Waals surface area contributed by atoms with Gasteiger partial charge in [-0.05, 0) is 0 Å². The standard InChI is InChI=1S/Li.OS.H3P.Sn/c;1-2;;/h;;1H3;. The molecule has 0 bridgehead atoms. The fourth-order valence-corrected chi connectivity index (χ4v) is 0. The van der Waals surface area contributed by atoms with Gasteiger partial charge >= 0.3 is 0 Å². The third kappa shape index (κ3) is 25.4. The summed E-state index contributed by atoms with van der Waals surface area (Å²) in [6, 6.07) is 0. The van der Waals surface area contributed by atoms with Crippen LogP contribution in [-0.2, 0) is 12.5 Å². The van der Waals surface area contributed by atoms with Crippen molar-refractivity contribution in [3.63, 3.8) is 0 Å². The summed E-state index contributed by atoms with van der Waals surface area (Å²) < 4.78 is 7.83. The van der Waals surface area contributed by atoms with Crippen molar-refractivity contribution >= 4 is 65.2 Å². The monoisotopic (exact) mass is 209 g/mol. The predicted octanol–water partition coefficient (Wildman–Crippen LogP) is -1.04. The average molecular weight is 208 g/mol. The van der Waals surface area contributed by atoms with E-state index >= 15 is 0 Å². The van der Waals surface area contributed by atoms with Crippen molar-refractivity contribution in [2.45, 2.75) is 0 Å². The maximum Gasteiger partial charge on any atom is 0.197 e. The molecule has 1 atom stereocenters. The second-order valence-electron chi connectivity index (χ2n) is 0. The maximum absolute atomic E-state index is 7.83. The van der Waals surface area contributed by atoms with Crippen molar-refractivity contribution < 1.29 is 4.21 Å². The summed E-state index contributed by atoms with van der Waals surface area (Å²) in [5, 5.41) is 0. The predicted molar refractivity (Wildman–Crippen MR) is 30.8 cm³/mol. The van der Waals surface area contributed by atoms with Crippen LogP contribution in [0.3, 0.4) is 0 Å². The Morgan fingerprint density at radius 2 is 1.20 bits per heavy atom. The number of hydrogen-bond acceptors (Lipinski definition) is 2. The molecular weight excluding hydrogens is 205 g/mol. The SMILES string of the molecule is O=S.P.[Li].[Sn]. The van der Waals surface area contributed by atoms with Gasteiger partial charge in [0.25, 0.3) is 0 Å². The van der Waals surface area contributed by atoms with Crippen molar-refractivity contribution in [2.75, 3.05) is 0 Å². The molecule has 0 aromatic carbocycles. The number of hydrogen-bond donors (Lipinski definition) is 0. The van der Waals surface area contributed by atoms with Crippen molar-refractivity contribution in [2.24, 2.45) is 0 Å². The quantitative estimate of drug-likeness (QED) is 0.373. The summed E-state index contributed by atoms with van der Waals surface area (Å²) in [5.74, 6) is 0. The van der Waals surface area contributed by atoms with E-state index in [0.29, 0.717) is 0 Å². The van der Waals surface area contributed by atoms with Gasteiger partial charge in [0.2, 0.25) is 0 Å². The minimum atomic E-state index is 0. The molecule has 1 nitrogen and oxygen atoms in total. The van der Waals surface area contributed by atoms with Crippen LogP contribution in [0.5, 0.6) is 0 Å². The molecule has 25 valence electrons. The maximum atomic E-state index is 7.83. The van der Waals surface area contributed by atoms with Crippen LogP contribution in [-0.4, -0.2) is 47.0 Å². The van der Waals surface area contributed by atoms with Crippen LogP contribution in [0, 0.1) is 0 Å². The Balaban J connectivity index is -0.00000000167. The van der Waals surface area contributed by atoms with Crippen molar-refractivity contribution in [3.8, 4) is 0 Å². The number of rotatable bonds is 0. The van der Waals surface area contributed by atoms with Gasteiger partial charge in [0.05, 0.1) is 0 Å². The first-order valence-electron chi connectivity index (χ1n) is 0.167. The Labute approximate surface area is 68.9 Å². The van der Waals surface area contributed by atoms with Crippen molar-refractivity contribution in [1.29, 1.82) is 0 Å². The van der Waals surface area contributed by atoms with Gasteiger partial charge in [0.1, 0.15) is 0 Å². The van der Waals surface area contributed by atoms with Gasteiger partial charge in [0, 0.05) is 42.8 Å². The third-order valence-electron chi connectivity index (χ3n) is 0. The largest absolute Gasteiger partial charge is 0.197 e. The molecule has 1 unspecified atom stereocenters. The zero-order valence-corrected chi connectivity index (χ0v) is 8.11. The van der Waals surface area contributed by atoms with E-state index in [1.165, 1.54) is 0 Å². The molecule has 5 heteroatoms. The van der Waals surface area contributed by atoms with Gasteiger partial charge in [-0.2, -0.15) is 14.1 Å². The van der Waals surface area contributed by atoms with E-state index in [9.17, 15) is 0 Å². The Kier molecular flexibility index (Phi) is 233. The molecule has 0 aliphatic carbocycles. The van der Waals surface area contributed by atoms with Crippen molar-refractivity contribution in [3.05, 3.63) is 0 Å². The van der Waals surface area contributed by atoms with Gasteiger partial charge in [0.15, 0.2) is 12.5 Å². The second-order valence-corrected chi connectivity index (χ2v) is 0. The van der Waals surface area contributed by atoms with E-state index in [2.05, 4.69) is 12.5 Å². The fraction of sp³-hybridized carbons (Fsp3) is 0. The minimum absolute atomic E-state index is 0. The van der Waals surface area contributed by atoms with E-state index in [0.717, 1.165) is 0 Å². The minimum Gasteiger partial charge on any atom is -0.197 e. The van der Waals surface area contributed by atoms with Crippen LogP contribution in [0.1, 0.15) is 0 Å². The molecule has 5 radical (unpaired) electrons. The van der Waals surface area contributed by atoms with Gasteiger partial charge in [-0.15, -0.1) is 0 Å². The van der Waals surface area contributed by atoms with Gasteiger partial charge in [-0.3, -0.25) is 0 Å². The average Bonchev–Trinajstić information content (AvgIpc) is 1.00. The van der Waals surface area contributed by atoms with Gasteiger partial charge < -0.3 is 0 Å². The van der Waals surface area contributed by atoms with E-state index in [-0.39, 0.29) is 52.7 Å². The molecule has 0 aromatic rings. The van der Waals surface area contributed by atoms with Crippen LogP contribution < -0.4 is 0 Å². The first-order chi connectivity index (χ1) is 1.00. The molecule has 0 aliphatic rings. The topological polar surface area (TPSA) is 17.1 Å². The molecule has 0 spiro atoms. The molecule has 0 amide bonds. The van der Waals surface area contributed by atoms with E-state index in [4.69, 9.17) is 4.21 Å². The molecule has 0 aliphatic heterocycles. The van der Waals surface area contributed by atoms with Gasteiger partial charge in [-0.1, -0.05) is 0 Å². The third-order valence-corrected chi connectivity index (χ3v) is 0. The molecule has 0 fully saturated rings. The van der Waals surface area contributed by atoms with Crippen LogP contribution >= 0.6 is 9.90 Å². The Hall–Kier alpha value is 1.85. The Bertz CT molecular complexity index is 11.6.